The molecule has 0 aliphatic carbocycles. The van der Waals surface area contributed by atoms with Gasteiger partial charge in [0.1, 0.15) is 5.75 Å². The first-order valence-electron chi connectivity index (χ1n) is 7.80. The molecule has 1 aromatic heterocycles. The summed E-state index contributed by atoms with van der Waals surface area (Å²) in [6.45, 7) is 0.623. The summed E-state index contributed by atoms with van der Waals surface area (Å²) in [6, 6.07) is 15.8. The quantitative estimate of drug-likeness (QED) is 0.788. The first-order chi connectivity index (χ1) is 11.2. The summed E-state index contributed by atoms with van der Waals surface area (Å²) in [4.78, 5) is 12.8. The summed E-state index contributed by atoms with van der Waals surface area (Å²) in [6.07, 6.45) is 2.68. The largest absolute Gasteiger partial charge is 0.493 e. The summed E-state index contributed by atoms with van der Waals surface area (Å²) in [7, 11) is 1.96. The third-order valence-electron chi connectivity index (χ3n) is 4.41. The van der Waals surface area contributed by atoms with E-state index in [-0.39, 0.29) is 11.9 Å². The third-order valence-corrected chi connectivity index (χ3v) is 4.41. The number of hydrogen-bond donors (Lipinski definition) is 1. The van der Waals surface area contributed by atoms with Gasteiger partial charge in [-0.25, -0.2) is 0 Å². The van der Waals surface area contributed by atoms with E-state index in [1.807, 2.05) is 66.3 Å². The van der Waals surface area contributed by atoms with Gasteiger partial charge < -0.3 is 14.6 Å². The van der Waals surface area contributed by atoms with Crippen molar-refractivity contribution in [3.05, 3.63) is 65.9 Å². The van der Waals surface area contributed by atoms with E-state index >= 15 is 0 Å². The summed E-state index contributed by atoms with van der Waals surface area (Å²) < 4.78 is 7.65. The first kappa shape index (κ1) is 13.9. The molecule has 3 aromatic rings. The van der Waals surface area contributed by atoms with Crippen LogP contribution in [0.25, 0.3) is 10.9 Å². The lowest BCUT2D eigenvalue weighted by Crippen LogP contribution is -2.32. The van der Waals surface area contributed by atoms with Gasteiger partial charge in [0.05, 0.1) is 18.2 Å². The van der Waals surface area contributed by atoms with E-state index in [1.165, 1.54) is 0 Å². The van der Waals surface area contributed by atoms with Crippen LogP contribution in [0.15, 0.2) is 54.7 Å². The molecule has 0 fully saturated rings. The van der Waals surface area contributed by atoms with Crippen LogP contribution < -0.4 is 10.1 Å². The van der Waals surface area contributed by atoms with Crippen molar-refractivity contribution in [2.24, 2.45) is 7.05 Å². The number of amides is 1. The van der Waals surface area contributed by atoms with Crippen molar-refractivity contribution >= 4 is 16.8 Å². The van der Waals surface area contributed by atoms with Crippen molar-refractivity contribution in [3.8, 4) is 5.75 Å². The number of benzene rings is 2. The maximum atomic E-state index is 12.8. The average molecular weight is 306 g/mol. The van der Waals surface area contributed by atoms with Gasteiger partial charge in [-0.15, -0.1) is 0 Å². The summed E-state index contributed by atoms with van der Waals surface area (Å²) in [5, 5.41) is 4.14. The second kappa shape index (κ2) is 5.47. The molecule has 0 saturated heterocycles. The lowest BCUT2D eigenvalue weighted by atomic mass is 10.00. The molecule has 4 nitrogen and oxygen atoms in total. The van der Waals surface area contributed by atoms with Gasteiger partial charge in [0.15, 0.2) is 0 Å². The number of carbonyl (C=O) groups is 1. The van der Waals surface area contributed by atoms with Crippen molar-refractivity contribution in [2.45, 2.75) is 12.5 Å². The van der Waals surface area contributed by atoms with Gasteiger partial charge in [-0.1, -0.05) is 36.4 Å². The summed E-state index contributed by atoms with van der Waals surface area (Å²) >= 11 is 0. The molecule has 1 aliphatic heterocycles. The number of hydrogen-bond acceptors (Lipinski definition) is 2. The minimum atomic E-state index is -0.0384. The molecule has 4 rings (SSSR count). The Hall–Kier alpha value is -2.75. The highest BCUT2D eigenvalue weighted by Gasteiger charge is 2.24. The Balaban J connectivity index is 1.66. The van der Waals surface area contributed by atoms with Crippen LogP contribution in [0.1, 0.15) is 28.4 Å². The predicted octanol–water partition coefficient (Wildman–Crippen LogP) is 3.43. The van der Waals surface area contributed by atoms with E-state index in [9.17, 15) is 4.79 Å². The molecule has 0 unspecified atom stereocenters. The summed E-state index contributed by atoms with van der Waals surface area (Å²) in [5.74, 6) is 0.825. The number of nitrogens with zero attached hydrogens (tertiary/aromatic N) is 1. The van der Waals surface area contributed by atoms with Crippen molar-refractivity contribution in [2.75, 3.05) is 6.61 Å². The number of rotatable bonds is 2. The fourth-order valence-electron chi connectivity index (χ4n) is 3.25. The van der Waals surface area contributed by atoms with E-state index in [1.54, 1.807) is 0 Å². The molecule has 2 heterocycles. The molecular weight excluding hydrogens is 288 g/mol. The van der Waals surface area contributed by atoms with Crippen LogP contribution in [0, 0.1) is 0 Å². The van der Waals surface area contributed by atoms with Gasteiger partial charge in [-0.3, -0.25) is 4.79 Å². The number of aryl methyl sites for hydroxylation is 1. The number of aromatic nitrogens is 1. The van der Waals surface area contributed by atoms with E-state index in [0.29, 0.717) is 12.2 Å². The minimum Gasteiger partial charge on any atom is -0.493 e. The Bertz CT molecular complexity index is 882. The second-order valence-electron chi connectivity index (χ2n) is 5.87. The fraction of sp³-hybridized carbons (Fsp3) is 0.211. The lowest BCUT2D eigenvalue weighted by Gasteiger charge is -2.26. The van der Waals surface area contributed by atoms with Crippen LogP contribution in [0.4, 0.5) is 0 Å². The molecular formula is C19H18N2O2. The number of fused-ring (bicyclic) bond motifs is 2. The van der Waals surface area contributed by atoms with E-state index < -0.39 is 0 Å². The lowest BCUT2D eigenvalue weighted by molar-refractivity contribution is 0.0926. The van der Waals surface area contributed by atoms with Gasteiger partial charge in [-0.2, -0.15) is 0 Å². The Labute approximate surface area is 134 Å². The molecule has 0 spiro atoms. The SMILES string of the molecule is Cn1cc(C(=O)N[C@H]2CCOc3ccccc32)c2ccccc21. The molecule has 0 radical (unpaired) electrons. The van der Waals surface area contributed by atoms with Crippen LogP contribution in [-0.2, 0) is 7.05 Å². The molecule has 1 aliphatic rings. The van der Waals surface area contributed by atoms with Crippen LogP contribution in [0.3, 0.4) is 0 Å². The average Bonchev–Trinajstić information content (AvgIpc) is 2.93. The molecule has 1 N–H and O–H groups in total. The van der Waals surface area contributed by atoms with Crippen LogP contribution in [0.5, 0.6) is 5.75 Å². The smallest absolute Gasteiger partial charge is 0.253 e. The Morgan fingerprint density at radius 1 is 1.17 bits per heavy atom. The molecule has 23 heavy (non-hydrogen) atoms. The highest BCUT2D eigenvalue weighted by molar-refractivity contribution is 6.07. The van der Waals surface area contributed by atoms with E-state index in [2.05, 4.69) is 5.32 Å². The number of ether oxygens (including phenoxy) is 1. The zero-order valence-electron chi connectivity index (χ0n) is 13.0. The Kier molecular flexibility index (Phi) is 3.30. The van der Waals surface area contributed by atoms with Crippen molar-refractivity contribution in [3.63, 3.8) is 0 Å². The Morgan fingerprint density at radius 2 is 1.96 bits per heavy atom. The van der Waals surface area contributed by atoms with E-state index in [0.717, 1.165) is 28.6 Å². The molecule has 0 bridgehead atoms. The van der Waals surface area contributed by atoms with Crippen molar-refractivity contribution in [1.29, 1.82) is 0 Å². The number of para-hydroxylation sites is 2. The highest BCUT2D eigenvalue weighted by Crippen LogP contribution is 2.32. The van der Waals surface area contributed by atoms with Gasteiger partial charge in [0.2, 0.25) is 0 Å². The van der Waals surface area contributed by atoms with Crippen LogP contribution >= 0.6 is 0 Å². The molecule has 1 amide bonds. The molecule has 4 heteroatoms. The second-order valence-corrected chi connectivity index (χ2v) is 5.87. The number of carbonyl (C=O) groups excluding carboxylic acids is 1. The fourth-order valence-corrected chi connectivity index (χ4v) is 3.25. The maximum absolute atomic E-state index is 12.8. The predicted molar refractivity (Wildman–Crippen MR) is 89.7 cm³/mol. The zero-order chi connectivity index (χ0) is 15.8. The molecule has 1 atom stereocenters. The zero-order valence-corrected chi connectivity index (χ0v) is 13.0. The molecule has 0 saturated carbocycles. The normalized spacial score (nSPS) is 16.7. The van der Waals surface area contributed by atoms with Gasteiger partial charge >= 0.3 is 0 Å². The topological polar surface area (TPSA) is 43.3 Å². The first-order valence-corrected chi connectivity index (χ1v) is 7.80. The monoisotopic (exact) mass is 306 g/mol. The van der Waals surface area contributed by atoms with Gasteiger partial charge in [0, 0.05) is 36.1 Å². The standard InChI is InChI=1S/C19H18N2O2/c1-21-12-15(13-6-2-4-8-17(13)21)19(22)20-16-10-11-23-18-9-5-3-7-14(16)18/h2-9,12,16H,10-11H2,1H3,(H,20,22)/t16-/m0/s1. The van der Waals surface area contributed by atoms with Crippen molar-refractivity contribution < 1.29 is 9.53 Å². The van der Waals surface area contributed by atoms with Crippen LogP contribution in [0.2, 0.25) is 0 Å². The van der Waals surface area contributed by atoms with Gasteiger partial charge in [-0.05, 0) is 12.1 Å². The molecule has 2 aromatic carbocycles. The number of nitrogens with one attached hydrogen (secondary N) is 1. The van der Waals surface area contributed by atoms with Crippen molar-refractivity contribution in [1.82, 2.24) is 9.88 Å². The highest BCUT2D eigenvalue weighted by atomic mass is 16.5. The minimum absolute atomic E-state index is 0.00795. The Morgan fingerprint density at radius 3 is 2.87 bits per heavy atom. The van der Waals surface area contributed by atoms with Crippen LogP contribution in [-0.4, -0.2) is 17.1 Å². The maximum Gasteiger partial charge on any atom is 0.253 e. The van der Waals surface area contributed by atoms with Gasteiger partial charge in [0.25, 0.3) is 5.91 Å². The van der Waals surface area contributed by atoms with E-state index in [4.69, 9.17) is 4.74 Å². The third kappa shape index (κ3) is 2.36. The molecule has 116 valence electrons. The summed E-state index contributed by atoms with van der Waals surface area (Å²) in [5.41, 5.74) is 2.82.